The summed E-state index contributed by atoms with van der Waals surface area (Å²) in [5.74, 6) is 0.184. The van der Waals surface area contributed by atoms with Crippen molar-refractivity contribution in [1.82, 2.24) is 14.8 Å². The van der Waals surface area contributed by atoms with Crippen LogP contribution in [0.15, 0.2) is 41.5 Å². The van der Waals surface area contributed by atoms with E-state index >= 15 is 0 Å². The molecule has 3 fully saturated rings. The van der Waals surface area contributed by atoms with Gasteiger partial charge in [-0.15, -0.1) is 0 Å². The molecule has 0 aliphatic carbocycles. The number of ether oxygens (including phenoxy) is 1. The second-order valence-electron chi connectivity index (χ2n) is 10.0. The summed E-state index contributed by atoms with van der Waals surface area (Å²) in [6.07, 6.45) is 6.78. The summed E-state index contributed by atoms with van der Waals surface area (Å²) in [4.78, 5) is 28.0. The smallest absolute Gasteiger partial charge is 0.359 e. The highest BCUT2D eigenvalue weighted by Crippen LogP contribution is 2.40. The van der Waals surface area contributed by atoms with Gasteiger partial charge in [-0.05, 0) is 48.4 Å². The average molecular weight is 544 g/mol. The van der Waals surface area contributed by atoms with E-state index in [1.807, 2.05) is 33.9 Å². The zero-order chi connectivity index (χ0) is 24.6. The van der Waals surface area contributed by atoms with E-state index in [4.69, 9.17) is 4.74 Å². The first kappa shape index (κ1) is 24.1. The van der Waals surface area contributed by atoms with E-state index in [9.17, 15) is 14.7 Å². The molecule has 8 nitrogen and oxygen atoms in total. The van der Waals surface area contributed by atoms with E-state index in [1.165, 1.54) is 6.08 Å². The van der Waals surface area contributed by atoms with Gasteiger partial charge in [0.15, 0.2) is 13.1 Å². The van der Waals surface area contributed by atoms with Crippen LogP contribution >= 0.6 is 15.9 Å². The van der Waals surface area contributed by atoms with Crippen molar-refractivity contribution >= 4 is 44.5 Å². The molecule has 5 rings (SSSR count). The zero-order valence-electron chi connectivity index (χ0n) is 19.8. The number of amides is 2. The Labute approximate surface area is 213 Å². The van der Waals surface area contributed by atoms with Gasteiger partial charge in [0.2, 0.25) is 11.8 Å². The van der Waals surface area contributed by atoms with Crippen LogP contribution in [0.3, 0.4) is 0 Å². The van der Waals surface area contributed by atoms with Crippen molar-refractivity contribution in [1.29, 1.82) is 0 Å². The van der Waals surface area contributed by atoms with Gasteiger partial charge in [-0.25, -0.2) is 0 Å². The molecule has 0 radical (unpaired) electrons. The highest BCUT2D eigenvalue weighted by Gasteiger charge is 2.41. The number of nitrogens with one attached hydrogen (secondary N) is 1. The van der Waals surface area contributed by atoms with Gasteiger partial charge in [-0.1, -0.05) is 22.5 Å². The normalized spacial score (nSPS) is 21.2. The molecule has 2 amide bonds. The highest BCUT2D eigenvalue weighted by molar-refractivity contribution is 9.10. The highest BCUT2D eigenvalue weighted by atomic mass is 79.9. The number of carbonyl (C=O) groups excluding carboxylic acids is 2. The van der Waals surface area contributed by atoms with Crippen LogP contribution in [0.25, 0.3) is 10.9 Å². The molecule has 1 aromatic heterocycles. The fraction of sp³-hybridized carbons (Fsp3) is 0.500. The Bertz CT molecular complexity index is 1190. The molecule has 2 aromatic rings. The maximum atomic E-state index is 13.3. The van der Waals surface area contributed by atoms with E-state index in [0.717, 1.165) is 66.5 Å². The maximum absolute atomic E-state index is 13.3. The Kier molecular flexibility index (Phi) is 6.72. The number of aliphatic hydroxyl groups excluding tert-OH is 1. The lowest BCUT2D eigenvalue weighted by Crippen LogP contribution is -2.56. The summed E-state index contributed by atoms with van der Waals surface area (Å²) in [5.41, 5.74) is 2.09. The first-order chi connectivity index (χ1) is 16.9. The minimum absolute atomic E-state index is 0.00528. The summed E-state index contributed by atoms with van der Waals surface area (Å²) < 4.78 is 10.2. The largest absolute Gasteiger partial charge is 0.460 e. The third-order valence-electron chi connectivity index (χ3n) is 7.68. The number of nitrogens with zero attached hydrogens (tertiary/aromatic N) is 3. The van der Waals surface area contributed by atoms with Gasteiger partial charge in [0.25, 0.3) is 0 Å². The molecule has 1 spiro atoms. The lowest BCUT2D eigenvalue weighted by molar-refractivity contribution is -0.596. The number of halogens is 1. The molecule has 3 saturated heterocycles. The van der Waals surface area contributed by atoms with Crippen LogP contribution in [0.2, 0.25) is 0 Å². The maximum Gasteiger partial charge on any atom is 0.359 e. The van der Waals surface area contributed by atoms with Crippen molar-refractivity contribution in [3.8, 4) is 0 Å². The molecular formula is C26H32BrN4O4+. The second-order valence-corrected chi connectivity index (χ2v) is 10.9. The van der Waals surface area contributed by atoms with Gasteiger partial charge >= 0.3 is 5.90 Å². The molecular weight excluding hydrogens is 512 g/mol. The van der Waals surface area contributed by atoms with Crippen molar-refractivity contribution in [3.63, 3.8) is 0 Å². The van der Waals surface area contributed by atoms with Gasteiger partial charge in [0, 0.05) is 54.0 Å². The van der Waals surface area contributed by atoms with Crippen molar-refractivity contribution in [2.45, 2.75) is 38.3 Å². The molecule has 0 bridgehead atoms. The molecule has 0 saturated carbocycles. The fourth-order valence-corrected chi connectivity index (χ4v) is 5.93. The molecule has 3 aliphatic rings. The number of likely N-dealkylation sites (tertiary alicyclic amines) is 1. The Morgan fingerprint density at radius 2 is 2.06 bits per heavy atom. The predicted octanol–water partition coefficient (Wildman–Crippen LogP) is 2.63. The monoisotopic (exact) mass is 543 g/mol. The van der Waals surface area contributed by atoms with Crippen LogP contribution < -0.4 is 5.32 Å². The number of rotatable bonds is 6. The van der Waals surface area contributed by atoms with E-state index < -0.39 is 0 Å². The molecule has 35 heavy (non-hydrogen) atoms. The van der Waals surface area contributed by atoms with Crippen LogP contribution in [-0.4, -0.2) is 82.3 Å². The van der Waals surface area contributed by atoms with Crippen LogP contribution in [0, 0.1) is 5.41 Å². The van der Waals surface area contributed by atoms with E-state index in [0.29, 0.717) is 19.5 Å². The first-order valence-corrected chi connectivity index (χ1v) is 13.0. The molecule has 9 heteroatoms. The summed E-state index contributed by atoms with van der Waals surface area (Å²) in [7, 11) is 0. The number of hydrogen-bond acceptors (Lipinski definition) is 3. The quantitative estimate of drug-likeness (QED) is 0.433. The van der Waals surface area contributed by atoms with Crippen LogP contribution in [-0.2, 0) is 27.3 Å². The topological polar surface area (TPSA) is 86.8 Å². The van der Waals surface area contributed by atoms with E-state index in [2.05, 4.69) is 27.8 Å². The Balaban J connectivity index is 1.27. The molecule has 0 unspecified atom stereocenters. The van der Waals surface area contributed by atoms with Crippen molar-refractivity contribution in [2.24, 2.45) is 5.41 Å². The lowest BCUT2D eigenvalue weighted by atomic mass is 9.80. The molecule has 0 atom stereocenters. The minimum atomic E-state index is -0.0913. The zero-order valence-corrected chi connectivity index (χ0v) is 21.4. The Morgan fingerprint density at radius 3 is 2.80 bits per heavy atom. The average Bonchev–Trinajstić information content (AvgIpc) is 3.37. The predicted molar refractivity (Wildman–Crippen MR) is 137 cm³/mol. The van der Waals surface area contributed by atoms with Gasteiger partial charge in [0.05, 0.1) is 6.42 Å². The number of aliphatic hydroxyl groups is 1. The van der Waals surface area contributed by atoms with Crippen LogP contribution in [0.4, 0.5) is 0 Å². The number of carbonyl (C=O) groups is 2. The number of hydrogen-bond donors (Lipinski definition) is 2. The summed E-state index contributed by atoms with van der Waals surface area (Å²) in [5, 5.41) is 13.7. The number of aromatic nitrogens is 1. The fourth-order valence-electron chi connectivity index (χ4n) is 5.56. The van der Waals surface area contributed by atoms with Crippen molar-refractivity contribution < 1.29 is 24.0 Å². The van der Waals surface area contributed by atoms with Gasteiger partial charge in [-0.3, -0.25) is 9.59 Å². The van der Waals surface area contributed by atoms with E-state index in [1.54, 1.807) is 4.58 Å². The van der Waals surface area contributed by atoms with Crippen molar-refractivity contribution in [3.05, 3.63) is 47.1 Å². The standard InChI is InChI=1S/C26H31BrN4O4/c1-2-24(33)31-14-20(15-31)28-23(32)16-30-13-18(21-12-19(27)3-4-22(21)30)11-25(34)29-8-5-26(17-29)6-9-35-10-7-26/h2-4,12-13,20H,1,5-11,14-17H2,(H,28,32)/p+1. The summed E-state index contributed by atoms with van der Waals surface area (Å²) >= 11 is 3.55. The van der Waals surface area contributed by atoms with Crippen LogP contribution in [0.1, 0.15) is 24.8 Å². The Morgan fingerprint density at radius 1 is 1.29 bits per heavy atom. The summed E-state index contributed by atoms with van der Waals surface area (Å²) in [6, 6.07) is 5.95. The van der Waals surface area contributed by atoms with Gasteiger partial charge < -0.3 is 24.6 Å². The first-order valence-electron chi connectivity index (χ1n) is 12.2. The SMILES string of the molecule is C=CC(O)=[N+]1CC(NC(=O)Cn2cc(CC(=O)N3CCC4(CCOCC4)C3)c3cc(Br)ccc32)C1. The molecule has 186 valence electrons. The molecule has 2 N–H and O–H groups in total. The minimum Gasteiger partial charge on any atom is -0.460 e. The Hall–Kier alpha value is -2.65. The number of fused-ring (bicyclic) bond motifs is 1. The molecule has 4 heterocycles. The third-order valence-corrected chi connectivity index (χ3v) is 8.17. The summed E-state index contributed by atoms with van der Waals surface area (Å²) in [6.45, 7) is 8.06. The van der Waals surface area contributed by atoms with Gasteiger partial charge in [0.1, 0.15) is 12.6 Å². The van der Waals surface area contributed by atoms with Gasteiger partial charge in [-0.2, -0.15) is 4.58 Å². The second kappa shape index (κ2) is 9.78. The van der Waals surface area contributed by atoms with Crippen LogP contribution in [0.5, 0.6) is 0 Å². The lowest BCUT2D eigenvalue weighted by Gasteiger charge is -2.33. The van der Waals surface area contributed by atoms with E-state index in [-0.39, 0.29) is 35.7 Å². The molecule has 1 aromatic carbocycles. The van der Waals surface area contributed by atoms with Crippen molar-refractivity contribution in [2.75, 3.05) is 39.4 Å². The third kappa shape index (κ3) is 5.02. The number of benzene rings is 1. The molecule has 3 aliphatic heterocycles.